The van der Waals surface area contributed by atoms with Crippen LogP contribution < -0.4 is 10.5 Å². The molecule has 1 fully saturated rings. The van der Waals surface area contributed by atoms with Crippen LogP contribution in [0.5, 0.6) is 0 Å². The van der Waals surface area contributed by atoms with Gasteiger partial charge in [0.15, 0.2) is 0 Å². The third-order valence-electron chi connectivity index (χ3n) is 3.24. The fourth-order valence-corrected chi connectivity index (χ4v) is 3.06. The molecule has 0 saturated carbocycles. The van der Waals surface area contributed by atoms with Crippen molar-refractivity contribution in [2.24, 2.45) is 5.14 Å². The predicted octanol–water partition coefficient (Wildman–Crippen LogP) is -0.0154. The zero-order chi connectivity index (χ0) is 12.5. The van der Waals surface area contributed by atoms with E-state index in [1.54, 1.807) is 6.20 Å². The molecular weight excluding hydrogens is 240 g/mol. The third-order valence-corrected chi connectivity index (χ3v) is 4.57. The van der Waals surface area contributed by atoms with Gasteiger partial charge in [-0.05, 0) is 25.8 Å². The SMILES string of the molecule is CCn1nccc1C1CCC(S(N)(=O)=O)CN1. The lowest BCUT2D eigenvalue weighted by Crippen LogP contribution is -2.43. The fourth-order valence-electron chi connectivity index (χ4n) is 2.27. The molecule has 2 rings (SSSR count). The standard InChI is InChI=1S/C10H18N4O2S/c1-2-14-10(5-6-13-14)9-4-3-8(7-12-9)17(11,15)16/h5-6,8-9,12H,2-4,7H2,1H3,(H2,11,15,16). The lowest BCUT2D eigenvalue weighted by Gasteiger charge is -2.28. The monoisotopic (exact) mass is 258 g/mol. The van der Waals surface area contributed by atoms with Crippen molar-refractivity contribution in [1.82, 2.24) is 15.1 Å². The molecular formula is C10H18N4O2S. The highest BCUT2D eigenvalue weighted by Gasteiger charge is 2.29. The smallest absolute Gasteiger partial charge is 0.213 e. The molecule has 0 bridgehead atoms. The first kappa shape index (κ1) is 12.5. The molecule has 0 spiro atoms. The van der Waals surface area contributed by atoms with Crippen LogP contribution in [0.4, 0.5) is 0 Å². The molecule has 2 heterocycles. The minimum atomic E-state index is -3.42. The van der Waals surface area contributed by atoms with E-state index >= 15 is 0 Å². The summed E-state index contributed by atoms with van der Waals surface area (Å²) in [6.07, 6.45) is 3.14. The summed E-state index contributed by atoms with van der Waals surface area (Å²) in [7, 11) is -3.42. The van der Waals surface area contributed by atoms with Gasteiger partial charge < -0.3 is 5.32 Å². The number of nitrogens with one attached hydrogen (secondary N) is 1. The number of rotatable bonds is 3. The van der Waals surface area contributed by atoms with Crippen LogP contribution in [-0.4, -0.2) is 30.0 Å². The average Bonchev–Trinajstić information content (AvgIpc) is 2.76. The molecule has 1 aliphatic rings. The van der Waals surface area contributed by atoms with E-state index < -0.39 is 15.3 Å². The van der Waals surface area contributed by atoms with Gasteiger partial charge in [0.25, 0.3) is 0 Å². The van der Waals surface area contributed by atoms with Crippen molar-refractivity contribution in [3.8, 4) is 0 Å². The van der Waals surface area contributed by atoms with E-state index in [1.807, 2.05) is 17.7 Å². The second-order valence-electron chi connectivity index (χ2n) is 4.32. The molecule has 17 heavy (non-hydrogen) atoms. The van der Waals surface area contributed by atoms with Crippen LogP contribution in [0.25, 0.3) is 0 Å². The average molecular weight is 258 g/mol. The zero-order valence-corrected chi connectivity index (χ0v) is 10.7. The van der Waals surface area contributed by atoms with Gasteiger partial charge in [-0.25, -0.2) is 13.6 Å². The fraction of sp³-hybridized carbons (Fsp3) is 0.700. The summed E-state index contributed by atoms with van der Waals surface area (Å²) in [5, 5.41) is 12.1. The van der Waals surface area contributed by atoms with Gasteiger partial charge in [-0.15, -0.1) is 0 Å². The lowest BCUT2D eigenvalue weighted by molar-refractivity contribution is 0.386. The summed E-state index contributed by atoms with van der Waals surface area (Å²) in [6, 6.07) is 2.15. The molecule has 1 aliphatic heterocycles. The number of nitrogens with two attached hydrogens (primary N) is 1. The summed E-state index contributed by atoms with van der Waals surface area (Å²) in [6.45, 7) is 3.27. The van der Waals surface area contributed by atoms with E-state index in [9.17, 15) is 8.42 Å². The first-order valence-electron chi connectivity index (χ1n) is 5.79. The van der Waals surface area contributed by atoms with Gasteiger partial charge in [-0.1, -0.05) is 0 Å². The number of nitrogens with zero attached hydrogens (tertiary/aromatic N) is 2. The number of sulfonamides is 1. The molecule has 96 valence electrons. The quantitative estimate of drug-likeness (QED) is 0.797. The summed E-state index contributed by atoms with van der Waals surface area (Å²) >= 11 is 0. The third kappa shape index (κ3) is 2.67. The van der Waals surface area contributed by atoms with Crippen molar-refractivity contribution < 1.29 is 8.42 Å². The van der Waals surface area contributed by atoms with Crippen molar-refractivity contribution in [2.45, 2.75) is 37.6 Å². The summed E-state index contributed by atoms with van der Waals surface area (Å²) < 4.78 is 24.4. The highest BCUT2D eigenvalue weighted by molar-refractivity contribution is 7.89. The second kappa shape index (κ2) is 4.75. The number of primary sulfonamides is 1. The highest BCUT2D eigenvalue weighted by Crippen LogP contribution is 2.24. The molecule has 3 N–H and O–H groups in total. The maximum Gasteiger partial charge on any atom is 0.213 e. The highest BCUT2D eigenvalue weighted by atomic mass is 32.2. The van der Waals surface area contributed by atoms with Crippen LogP contribution in [0.3, 0.4) is 0 Å². The van der Waals surface area contributed by atoms with Crippen LogP contribution in [0, 0.1) is 0 Å². The second-order valence-corrected chi connectivity index (χ2v) is 6.17. The van der Waals surface area contributed by atoms with Crippen LogP contribution in [0.1, 0.15) is 31.5 Å². The molecule has 1 aromatic rings. The minimum Gasteiger partial charge on any atom is -0.307 e. The molecule has 2 atom stereocenters. The Kier molecular flexibility index (Phi) is 3.50. The van der Waals surface area contributed by atoms with Crippen LogP contribution in [0.15, 0.2) is 12.3 Å². The van der Waals surface area contributed by atoms with Crippen molar-refractivity contribution in [2.75, 3.05) is 6.54 Å². The maximum absolute atomic E-state index is 11.2. The predicted molar refractivity (Wildman–Crippen MR) is 64.8 cm³/mol. The van der Waals surface area contributed by atoms with Crippen molar-refractivity contribution in [1.29, 1.82) is 0 Å². The number of aryl methyl sites for hydroxylation is 1. The Morgan fingerprint density at radius 3 is 2.88 bits per heavy atom. The molecule has 0 aromatic carbocycles. The number of hydrogen-bond acceptors (Lipinski definition) is 4. The Morgan fingerprint density at radius 1 is 1.59 bits per heavy atom. The molecule has 6 nitrogen and oxygen atoms in total. The Balaban J connectivity index is 2.05. The number of hydrogen-bond donors (Lipinski definition) is 2. The van der Waals surface area contributed by atoms with E-state index in [2.05, 4.69) is 10.4 Å². The number of piperidine rings is 1. The summed E-state index contributed by atoms with van der Waals surface area (Å²) in [5.74, 6) is 0. The van der Waals surface area contributed by atoms with Crippen molar-refractivity contribution in [3.63, 3.8) is 0 Å². The normalized spacial score (nSPS) is 26.0. The Labute approximate surface area is 101 Å². The van der Waals surface area contributed by atoms with Crippen molar-refractivity contribution >= 4 is 10.0 Å². The van der Waals surface area contributed by atoms with Crippen LogP contribution in [0.2, 0.25) is 0 Å². The largest absolute Gasteiger partial charge is 0.307 e. The van der Waals surface area contributed by atoms with Gasteiger partial charge in [-0.3, -0.25) is 4.68 Å². The molecule has 0 radical (unpaired) electrons. The van der Waals surface area contributed by atoms with E-state index in [0.717, 1.165) is 18.7 Å². The summed E-state index contributed by atoms with van der Waals surface area (Å²) in [4.78, 5) is 0. The van der Waals surface area contributed by atoms with Gasteiger partial charge in [0, 0.05) is 25.3 Å². The lowest BCUT2D eigenvalue weighted by atomic mass is 10.0. The van der Waals surface area contributed by atoms with Crippen LogP contribution in [-0.2, 0) is 16.6 Å². The Bertz CT molecular complexity index is 474. The molecule has 2 unspecified atom stereocenters. The van der Waals surface area contributed by atoms with Crippen molar-refractivity contribution in [3.05, 3.63) is 18.0 Å². The van der Waals surface area contributed by atoms with E-state index in [4.69, 9.17) is 5.14 Å². The molecule has 1 aromatic heterocycles. The summed E-state index contributed by atoms with van der Waals surface area (Å²) in [5.41, 5.74) is 1.11. The van der Waals surface area contributed by atoms with Gasteiger partial charge in [-0.2, -0.15) is 5.10 Å². The molecule has 0 aliphatic carbocycles. The molecule has 0 amide bonds. The first-order valence-corrected chi connectivity index (χ1v) is 7.40. The van der Waals surface area contributed by atoms with E-state index in [-0.39, 0.29) is 6.04 Å². The van der Waals surface area contributed by atoms with E-state index in [1.165, 1.54) is 0 Å². The van der Waals surface area contributed by atoms with Gasteiger partial charge in [0.05, 0.1) is 10.9 Å². The molecule has 1 saturated heterocycles. The van der Waals surface area contributed by atoms with Gasteiger partial charge >= 0.3 is 0 Å². The minimum absolute atomic E-state index is 0.176. The topological polar surface area (TPSA) is 90.0 Å². The van der Waals surface area contributed by atoms with Gasteiger partial charge in [0.1, 0.15) is 0 Å². The van der Waals surface area contributed by atoms with Crippen LogP contribution >= 0.6 is 0 Å². The number of aromatic nitrogens is 2. The first-order chi connectivity index (χ1) is 8.02. The molecule has 7 heteroatoms. The maximum atomic E-state index is 11.2. The van der Waals surface area contributed by atoms with E-state index in [0.29, 0.717) is 13.0 Å². The Hall–Kier alpha value is -0.920. The Morgan fingerprint density at radius 2 is 2.35 bits per heavy atom. The van der Waals surface area contributed by atoms with Gasteiger partial charge in [0.2, 0.25) is 10.0 Å². The zero-order valence-electron chi connectivity index (χ0n) is 9.83.